The van der Waals surface area contributed by atoms with Gasteiger partial charge in [-0.15, -0.1) is 0 Å². The molecule has 0 amide bonds. The van der Waals surface area contributed by atoms with Crippen molar-refractivity contribution >= 4 is 11.4 Å². The number of rotatable bonds is 3. The normalized spacial score (nSPS) is 24.1. The maximum atomic E-state index is 6.18. The first-order chi connectivity index (χ1) is 8.61. The third-order valence-electron chi connectivity index (χ3n) is 3.10. The minimum Gasteiger partial charge on any atom is -0.492 e. The topological polar surface area (TPSA) is 47.7 Å². The van der Waals surface area contributed by atoms with Gasteiger partial charge in [0.25, 0.3) is 0 Å². The van der Waals surface area contributed by atoms with Crippen LogP contribution in [-0.4, -0.2) is 31.9 Å². The zero-order valence-corrected chi connectivity index (χ0v) is 11.3. The minimum absolute atomic E-state index is 0.226. The summed E-state index contributed by atoms with van der Waals surface area (Å²) >= 11 is 0. The Morgan fingerprint density at radius 2 is 2.00 bits per heavy atom. The summed E-state index contributed by atoms with van der Waals surface area (Å²) < 4.78 is 11.3. The molecule has 2 N–H and O–H groups in total. The molecule has 4 heteroatoms. The fraction of sp³-hybridized carbons (Fsp3) is 0.571. The number of nitrogens with two attached hydrogens (primary N) is 1. The van der Waals surface area contributed by atoms with Crippen molar-refractivity contribution in [2.24, 2.45) is 0 Å². The number of ether oxygens (including phenoxy) is 2. The summed E-state index contributed by atoms with van der Waals surface area (Å²) in [6, 6.07) is 5.94. The standard InChI is InChI=1S/C14H22N2O2/c1-4-17-13-7-5-6-12(14(13)15)16-8-10(2)18-11(3)9-16/h5-7,10-11H,4,8-9,15H2,1-3H3. The first kappa shape index (κ1) is 13.0. The van der Waals surface area contributed by atoms with Crippen molar-refractivity contribution in [2.75, 3.05) is 30.3 Å². The molecule has 1 aromatic carbocycles. The molecule has 18 heavy (non-hydrogen) atoms. The second-order valence-corrected chi connectivity index (χ2v) is 4.78. The van der Waals surface area contributed by atoms with Gasteiger partial charge in [-0.25, -0.2) is 0 Å². The van der Waals surface area contributed by atoms with Gasteiger partial charge in [-0.1, -0.05) is 6.07 Å². The number of nitrogens with zero attached hydrogens (tertiary/aromatic N) is 1. The lowest BCUT2D eigenvalue weighted by Gasteiger charge is -2.37. The zero-order valence-electron chi connectivity index (χ0n) is 11.3. The molecule has 2 unspecified atom stereocenters. The molecule has 0 saturated carbocycles. The molecule has 0 radical (unpaired) electrons. The van der Waals surface area contributed by atoms with E-state index in [2.05, 4.69) is 18.7 Å². The highest BCUT2D eigenvalue weighted by molar-refractivity contribution is 5.74. The van der Waals surface area contributed by atoms with Crippen LogP contribution in [0.4, 0.5) is 11.4 Å². The summed E-state index contributed by atoms with van der Waals surface area (Å²) in [7, 11) is 0. The molecule has 1 aliphatic heterocycles. The fourth-order valence-corrected chi connectivity index (χ4v) is 2.46. The summed E-state index contributed by atoms with van der Waals surface area (Å²) in [4.78, 5) is 2.27. The van der Waals surface area contributed by atoms with Crippen LogP contribution >= 0.6 is 0 Å². The summed E-state index contributed by atoms with van der Waals surface area (Å²) in [5.41, 5.74) is 7.95. The average molecular weight is 250 g/mol. The van der Waals surface area contributed by atoms with Crippen LogP contribution < -0.4 is 15.4 Å². The second-order valence-electron chi connectivity index (χ2n) is 4.78. The number of benzene rings is 1. The van der Waals surface area contributed by atoms with Gasteiger partial charge < -0.3 is 20.1 Å². The van der Waals surface area contributed by atoms with E-state index in [1.54, 1.807) is 0 Å². The highest BCUT2D eigenvalue weighted by Crippen LogP contribution is 2.33. The molecule has 100 valence electrons. The van der Waals surface area contributed by atoms with Crippen LogP contribution in [0.15, 0.2) is 18.2 Å². The van der Waals surface area contributed by atoms with Crippen LogP contribution in [0, 0.1) is 0 Å². The monoisotopic (exact) mass is 250 g/mol. The molecule has 1 fully saturated rings. The maximum absolute atomic E-state index is 6.18. The summed E-state index contributed by atoms with van der Waals surface area (Å²) in [6.45, 7) is 8.50. The second kappa shape index (κ2) is 5.48. The van der Waals surface area contributed by atoms with Crippen LogP contribution in [0.5, 0.6) is 5.75 Å². The van der Waals surface area contributed by atoms with Crippen LogP contribution in [0.25, 0.3) is 0 Å². The van der Waals surface area contributed by atoms with Crippen molar-refractivity contribution < 1.29 is 9.47 Å². The predicted octanol–water partition coefficient (Wildman–Crippen LogP) is 2.28. The molecule has 4 nitrogen and oxygen atoms in total. The number of hydrogen-bond donors (Lipinski definition) is 1. The third kappa shape index (κ3) is 2.70. The Balaban J connectivity index is 2.24. The van der Waals surface area contributed by atoms with Crippen molar-refractivity contribution in [1.29, 1.82) is 0 Å². The average Bonchev–Trinajstić information content (AvgIpc) is 2.31. The van der Waals surface area contributed by atoms with Gasteiger partial charge in [0.1, 0.15) is 5.75 Å². The van der Waals surface area contributed by atoms with Gasteiger partial charge in [0.15, 0.2) is 0 Å². The largest absolute Gasteiger partial charge is 0.492 e. The van der Waals surface area contributed by atoms with Crippen LogP contribution in [-0.2, 0) is 4.74 Å². The van der Waals surface area contributed by atoms with Crippen LogP contribution in [0.3, 0.4) is 0 Å². The van der Waals surface area contributed by atoms with E-state index in [1.807, 2.05) is 25.1 Å². The molecule has 1 aliphatic rings. The minimum atomic E-state index is 0.226. The Labute approximate surface area is 109 Å². The van der Waals surface area contributed by atoms with Crippen molar-refractivity contribution in [3.05, 3.63) is 18.2 Å². The Hall–Kier alpha value is -1.42. The lowest BCUT2D eigenvalue weighted by Crippen LogP contribution is -2.45. The third-order valence-corrected chi connectivity index (χ3v) is 3.10. The molecular formula is C14H22N2O2. The van der Waals surface area contributed by atoms with E-state index < -0.39 is 0 Å². The fourth-order valence-electron chi connectivity index (χ4n) is 2.46. The van der Waals surface area contributed by atoms with E-state index >= 15 is 0 Å². The van der Waals surface area contributed by atoms with Crippen molar-refractivity contribution in [3.8, 4) is 5.75 Å². The van der Waals surface area contributed by atoms with Gasteiger partial charge in [0.2, 0.25) is 0 Å². The number of morpholine rings is 1. The van der Waals surface area contributed by atoms with E-state index in [4.69, 9.17) is 15.2 Å². The summed E-state index contributed by atoms with van der Waals surface area (Å²) in [6.07, 6.45) is 0.452. The zero-order chi connectivity index (χ0) is 13.1. The van der Waals surface area contributed by atoms with Crippen LogP contribution in [0.2, 0.25) is 0 Å². The molecule has 2 atom stereocenters. The number of nitrogen functional groups attached to an aromatic ring is 1. The van der Waals surface area contributed by atoms with Gasteiger partial charge in [0.05, 0.1) is 30.2 Å². The molecule has 1 heterocycles. The summed E-state index contributed by atoms with van der Waals surface area (Å²) in [5.74, 6) is 0.766. The Morgan fingerprint density at radius 1 is 1.33 bits per heavy atom. The molecule has 0 aromatic heterocycles. The van der Waals surface area contributed by atoms with E-state index in [0.717, 1.165) is 30.2 Å². The van der Waals surface area contributed by atoms with E-state index in [9.17, 15) is 0 Å². The first-order valence-corrected chi connectivity index (χ1v) is 6.53. The Morgan fingerprint density at radius 3 is 2.61 bits per heavy atom. The first-order valence-electron chi connectivity index (χ1n) is 6.53. The van der Waals surface area contributed by atoms with Crippen molar-refractivity contribution in [3.63, 3.8) is 0 Å². The van der Waals surface area contributed by atoms with Gasteiger partial charge in [-0.3, -0.25) is 0 Å². The number of para-hydroxylation sites is 1. The molecule has 2 rings (SSSR count). The van der Waals surface area contributed by atoms with Gasteiger partial charge in [-0.05, 0) is 32.9 Å². The van der Waals surface area contributed by atoms with Crippen molar-refractivity contribution in [2.45, 2.75) is 33.0 Å². The van der Waals surface area contributed by atoms with Gasteiger partial charge in [-0.2, -0.15) is 0 Å². The summed E-state index contributed by atoms with van der Waals surface area (Å²) in [5, 5.41) is 0. The van der Waals surface area contributed by atoms with Crippen molar-refractivity contribution in [1.82, 2.24) is 0 Å². The quantitative estimate of drug-likeness (QED) is 0.836. The van der Waals surface area contributed by atoms with E-state index in [-0.39, 0.29) is 12.2 Å². The lowest BCUT2D eigenvalue weighted by atomic mass is 10.1. The highest BCUT2D eigenvalue weighted by Gasteiger charge is 2.24. The van der Waals surface area contributed by atoms with Gasteiger partial charge >= 0.3 is 0 Å². The smallest absolute Gasteiger partial charge is 0.144 e. The Kier molecular flexibility index (Phi) is 3.97. The number of hydrogen-bond acceptors (Lipinski definition) is 4. The lowest BCUT2D eigenvalue weighted by molar-refractivity contribution is -0.00518. The molecule has 1 aromatic rings. The molecular weight excluding hydrogens is 228 g/mol. The van der Waals surface area contributed by atoms with E-state index in [1.165, 1.54) is 0 Å². The predicted molar refractivity (Wildman–Crippen MR) is 74.2 cm³/mol. The van der Waals surface area contributed by atoms with E-state index in [0.29, 0.717) is 6.61 Å². The molecule has 0 aliphatic carbocycles. The molecule has 0 bridgehead atoms. The SMILES string of the molecule is CCOc1cccc(N2CC(C)OC(C)C2)c1N. The highest BCUT2D eigenvalue weighted by atomic mass is 16.5. The van der Waals surface area contributed by atoms with Crippen LogP contribution in [0.1, 0.15) is 20.8 Å². The van der Waals surface area contributed by atoms with Gasteiger partial charge in [0, 0.05) is 13.1 Å². The number of anilines is 2. The maximum Gasteiger partial charge on any atom is 0.144 e. The Bertz CT molecular complexity index is 399. The molecule has 1 saturated heterocycles. The molecule has 0 spiro atoms.